The monoisotopic (exact) mass is 713 g/mol. The van der Waals surface area contributed by atoms with Gasteiger partial charge in [0.25, 0.3) is 0 Å². The summed E-state index contributed by atoms with van der Waals surface area (Å²) in [7, 11) is 0. The van der Waals surface area contributed by atoms with Crippen LogP contribution in [-0.4, -0.2) is 0 Å². The zero-order chi connectivity index (χ0) is 37.5. The fourth-order valence-electron chi connectivity index (χ4n) is 9.35. The van der Waals surface area contributed by atoms with Gasteiger partial charge in [0.2, 0.25) is 0 Å². The van der Waals surface area contributed by atoms with Crippen molar-refractivity contribution < 1.29 is 4.42 Å². The molecule has 0 fully saturated rings. The minimum absolute atomic E-state index is 0.0819. The molecule has 0 saturated carbocycles. The third kappa shape index (κ3) is 5.53. The first-order chi connectivity index (χ1) is 26.6. The van der Waals surface area contributed by atoms with Crippen molar-refractivity contribution >= 4 is 44.5 Å². The summed E-state index contributed by atoms with van der Waals surface area (Å²) < 4.78 is 6.49. The molecule has 1 atom stereocenters. The summed E-state index contributed by atoms with van der Waals surface area (Å²) in [5.41, 5.74) is 18.7. The lowest BCUT2D eigenvalue weighted by atomic mass is 9.79. The molecular weight excluding hydrogens is 667 g/mol. The Hall–Kier alpha value is -5.86. The molecule has 1 unspecified atom stereocenters. The van der Waals surface area contributed by atoms with E-state index >= 15 is 0 Å². The van der Waals surface area contributed by atoms with Crippen LogP contribution in [0, 0.1) is 5.92 Å². The number of rotatable bonds is 5. The van der Waals surface area contributed by atoms with Gasteiger partial charge in [-0.1, -0.05) is 150 Å². The minimum Gasteiger partial charge on any atom is -0.456 e. The van der Waals surface area contributed by atoms with E-state index in [0.717, 1.165) is 52.6 Å². The number of hydrogen-bond acceptors (Lipinski definition) is 2. The molecule has 55 heavy (non-hydrogen) atoms. The van der Waals surface area contributed by atoms with Crippen LogP contribution in [0.5, 0.6) is 0 Å². The van der Waals surface area contributed by atoms with Crippen molar-refractivity contribution in [3.05, 3.63) is 191 Å². The summed E-state index contributed by atoms with van der Waals surface area (Å²) in [5, 5.41) is 2.29. The highest BCUT2D eigenvalue weighted by molar-refractivity contribution is 6.06. The molecule has 0 radical (unpaired) electrons. The summed E-state index contributed by atoms with van der Waals surface area (Å²) >= 11 is 0. The molecule has 270 valence electrons. The summed E-state index contributed by atoms with van der Waals surface area (Å²) in [6, 6.07) is 38.5. The van der Waals surface area contributed by atoms with Gasteiger partial charge in [0.15, 0.2) is 0 Å². The zero-order valence-corrected chi connectivity index (χ0v) is 32.5. The molecule has 0 amide bonds. The molecule has 0 N–H and O–H groups in total. The van der Waals surface area contributed by atoms with Gasteiger partial charge in [-0.25, -0.2) is 0 Å². The van der Waals surface area contributed by atoms with Crippen molar-refractivity contribution in [2.45, 2.75) is 64.7 Å². The Labute approximate surface area is 325 Å². The van der Waals surface area contributed by atoms with E-state index in [4.69, 9.17) is 4.42 Å². The fraction of sp³-hybridized carbons (Fsp3) is 0.208. The summed E-state index contributed by atoms with van der Waals surface area (Å²) in [6.07, 6.45) is 21.6. The normalized spacial score (nSPS) is 18.3. The van der Waals surface area contributed by atoms with Gasteiger partial charge in [-0.3, -0.25) is 0 Å². The Bertz CT molecular complexity index is 2730. The van der Waals surface area contributed by atoms with Gasteiger partial charge >= 0.3 is 0 Å². The predicted octanol–water partition coefficient (Wildman–Crippen LogP) is 14.5. The first-order valence-electron chi connectivity index (χ1n) is 19.9. The largest absolute Gasteiger partial charge is 0.456 e. The van der Waals surface area contributed by atoms with Crippen molar-refractivity contribution in [3.8, 4) is 11.1 Å². The molecule has 6 aromatic rings. The van der Waals surface area contributed by atoms with Gasteiger partial charge in [-0.2, -0.15) is 0 Å². The van der Waals surface area contributed by atoms with Crippen LogP contribution in [-0.2, 0) is 10.8 Å². The van der Waals surface area contributed by atoms with Crippen molar-refractivity contribution in [3.63, 3.8) is 0 Å². The SMILES string of the molecule is CC(C)(C)c1ccc2c(c1)C(C)(C)c1cccc(C3=CCCC=C3N(c3ccc(C4=CCC5C=CC=CC5=C4)cc3)c3ccc4c(c3)oc3ccccc34)c1-2. The lowest BCUT2D eigenvalue weighted by Crippen LogP contribution is -2.20. The van der Waals surface area contributed by atoms with Gasteiger partial charge < -0.3 is 9.32 Å². The molecule has 1 heterocycles. The first kappa shape index (κ1) is 33.7. The Morgan fingerprint density at radius 3 is 2.35 bits per heavy atom. The number of nitrogens with zero attached hydrogens (tertiary/aromatic N) is 1. The Morgan fingerprint density at radius 2 is 1.49 bits per heavy atom. The van der Waals surface area contributed by atoms with Crippen LogP contribution in [0.2, 0.25) is 0 Å². The first-order valence-corrected chi connectivity index (χ1v) is 19.9. The molecule has 1 aromatic heterocycles. The van der Waals surface area contributed by atoms with Gasteiger partial charge in [-0.15, -0.1) is 0 Å². The van der Waals surface area contributed by atoms with E-state index in [1.54, 1.807) is 0 Å². The van der Waals surface area contributed by atoms with Crippen molar-refractivity contribution in [1.82, 2.24) is 0 Å². The zero-order valence-electron chi connectivity index (χ0n) is 32.5. The van der Waals surface area contributed by atoms with Crippen molar-refractivity contribution in [2.75, 3.05) is 4.90 Å². The second-order valence-electron chi connectivity index (χ2n) is 17.2. The maximum Gasteiger partial charge on any atom is 0.137 e. The summed E-state index contributed by atoms with van der Waals surface area (Å²) in [6.45, 7) is 11.7. The lowest BCUT2D eigenvalue weighted by molar-refractivity contribution is 0.584. The summed E-state index contributed by atoms with van der Waals surface area (Å²) in [5.74, 6) is 0.484. The summed E-state index contributed by atoms with van der Waals surface area (Å²) in [4.78, 5) is 2.46. The van der Waals surface area contributed by atoms with Crippen LogP contribution in [0.1, 0.15) is 81.7 Å². The Kier molecular flexibility index (Phi) is 7.72. The third-order valence-corrected chi connectivity index (χ3v) is 12.4. The van der Waals surface area contributed by atoms with E-state index in [1.807, 2.05) is 6.07 Å². The van der Waals surface area contributed by atoms with Gasteiger partial charge in [-0.05, 0) is 105 Å². The topological polar surface area (TPSA) is 16.4 Å². The number of anilines is 2. The second kappa shape index (κ2) is 12.6. The highest BCUT2D eigenvalue weighted by atomic mass is 16.3. The standard InChI is InChI=1S/C53H47NO/c1-52(2,3)38-25-29-45-47(32-38)53(4,5)46-18-12-17-44(51(45)46)41-15-8-10-19-48(41)54(40-28-30-43-42-16-9-11-20-49(42)55-50(43)33-40)39-26-23-35(24-27-39)37-22-21-34-13-6-7-14-36(34)31-37/h6-7,9,11-20,22-34H,8,10,21H2,1-5H3. The number of furan rings is 1. The van der Waals surface area contributed by atoms with E-state index < -0.39 is 0 Å². The molecule has 5 aromatic carbocycles. The van der Waals surface area contributed by atoms with E-state index in [2.05, 4.69) is 185 Å². The van der Waals surface area contributed by atoms with Crippen molar-refractivity contribution in [2.24, 2.45) is 5.92 Å². The smallest absolute Gasteiger partial charge is 0.137 e. The lowest BCUT2D eigenvalue weighted by Gasteiger charge is -2.32. The van der Waals surface area contributed by atoms with Gasteiger partial charge in [0.1, 0.15) is 11.2 Å². The Morgan fingerprint density at radius 1 is 0.691 bits per heavy atom. The average molecular weight is 714 g/mol. The second-order valence-corrected chi connectivity index (χ2v) is 17.2. The van der Waals surface area contributed by atoms with Crippen molar-refractivity contribution in [1.29, 1.82) is 0 Å². The number of fused-ring (bicyclic) bond motifs is 7. The van der Waals surface area contributed by atoms with Gasteiger partial charge in [0, 0.05) is 50.8 Å². The molecule has 0 spiro atoms. The van der Waals surface area contributed by atoms with Crippen LogP contribution in [0.15, 0.2) is 167 Å². The number of hydrogen-bond donors (Lipinski definition) is 0. The van der Waals surface area contributed by atoms with Crippen LogP contribution < -0.4 is 4.90 Å². The molecule has 0 saturated heterocycles. The molecule has 2 nitrogen and oxygen atoms in total. The molecule has 4 aliphatic carbocycles. The highest BCUT2D eigenvalue weighted by Crippen LogP contribution is 2.54. The quantitative estimate of drug-likeness (QED) is 0.177. The Balaban J connectivity index is 1.11. The molecule has 10 rings (SSSR count). The number of benzene rings is 5. The van der Waals surface area contributed by atoms with Crippen LogP contribution >= 0.6 is 0 Å². The molecule has 0 bridgehead atoms. The maximum absolute atomic E-state index is 6.49. The molecule has 0 aliphatic heterocycles. The average Bonchev–Trinajstić information content (AvgIpc) is 3.69. The molecule has 2 heteroatoms. The van der Waals surface area contributed by atoms with Crippen LogP contribution in [0.25, 0.3) is 44.2 Å². The molecule has 4 aliphatic rings. The minimum atomic E-state index is -0.101. The van der Waals surface area contributed by atoms with Gasteiger partial charge in [0.05, 0.1) is 0 Å². The number of allylic oxidation sites excluding steroid dienone is 11. The van der Waals surface area contributed by atoms with Crippen LogP contribution in [0.3, 0.4) is 0 Å². The van der Waals surface area contributed by atoms with Crippen LogP contribution in [0.4, 0.5) is 11.4 Å². The van der Waals surface area contributed by atoms with E-state index in [1.165, 1.54) is 61.4 Å². The van der Waals surface area contributed by atoms with E-state index in [9.17, 15) is 0 Å². The van der Waals surface area contributed by atoms with E-state index in [-0.39, 0.29) is 10.8 Å². The fourth-order valence-corrected chi connectivity index (χ4v) is 9.35. The third-order valence-electron chi connectivity index (χ3n) is 12.4. The maximum atomic E-state index is 6.49. The highest BCUT2D eigenvalue weighted by Gasteiger charge is 2.38. The predicted molar refractivity (Wildman–Crippen MR) is 233 cm³/mol. The molecular formula is C53H47NO. The number of para-hydroxylation sites is 1. The van der Waals surface area contributed by atoms with E-state index in [0.29, 0.717) is 5.92 Å².